The molecule has 7 heteroatoms. The maximum absolute atomic E-state index is 12.4. The fourth-order valence-electron chi connectivity index (χ4n) is 3.62. The second kappa shape index (κ2) is 10.6. The van der Waals surface area contributed by atoms with Crippen molar-refractivity contribution in [3.05, 3.63) is 65.7 Å². The summed E-state index contributed by atoms with van der Waals surface area (Å²) >= 11 is 0. The van der Waals surface area contributed by atoms with Gasteiger partial charge in [0.05, 0.1) is 6.26 Å². The van der Waals surface area contributed by atoms with Gasteiger partial charge in [-0.3, -0.25) is 4.79 Å². The fourth-order valence-corrected chi connectivity index (χ4v) is 4.50. The lowest BCUT2D eigenvalue weighted by molar-refractivity contribution is -0.116. The molecule has 3 rings (SSSR count). The number of nitrogens with zero attached hydrogens (tertiary/aromatic N) is 1. The van der Waals surface area contributed by atoms with Crippen molar-refractivity contribution in [2.24, 2.45) is 0 Å². The minimum Gasteiger partial charge on any atom is -0.382 e. The van der Waals surface area contributed by atoms with E-state index in [1.54, 1.807) is 0 Å². The number of aryl methyl sites for hydroxylation is 1. The number of carbonyl (C=O) groups is 1. The number of piperidine rings is 1. The first-order valence-corrected chi connectivity index (χ1v) is 12.5. The summed E-state index contributed by atoms with van der Waals surface area (Å²) in [7, 11) is -3.12. The van der Waals surface area contributed by atoms with E-state index in [4.69, 9.17) is 0 Å². The Morgan fingerprint density at radius 1 is 1.13 bits per heavy atom. The minimum absolute atomic E-state index is 0.0144. The zero-order valence-corrected chi connectivity index (χ0v) is 19.0. The smallest absolute Gasteiger partial charge is 0.224 e. The predicted octanol–water partition coefficient (Wildman–Crippen LogP) is 4.26. The highest BCUT2D eigenvalue weighted by molar-refractivity contribution is 7.88. The lowest BCUT2D eigenvalue weighted by Gasteiger charge is -2.31. The van der Waals surface area contributed by atoms with Crippen molar-refractivity contribution in [1.82, 2.24) is 4.31 Å². The molecule has 1 fully saturated rings. The molecule has 0 aromatic heterocycles. The molecule has 1 amide bonds. The van der Waals surface area contributed by atoms with Crippen molar-refractivity contribution in [3.63, 3.8) is 0 Å². The van der Waals surface area contributed by atoms with Gasteiger partial charge in [-0.25, -0.2) is 12.7 Å². The van der Waals surface area contributed by atoms with E-state index in [0.717, 1.165) is 35.3 Å². The Morgan fingerprint density at radius 2 is 1.84 bits per heavy atom. The van der Waals surface area contributed by atoms with Gasteiger partial charge in [-0.1, -0.05) is 48.6 Å². The van der Waals surface area contributed by atoms with Gasteiger partial charge in [0.25, 0.3) is 0 Å². The van der Waals surface area contributed by atoms with E-state index < -0.39 is 10.0 Å². The average Bonchev–Trinajstić information content (AvgIpc) is 2.74. The van der Waals surface area contributed by atoms with E-state index in [-0.39, 0.29) is 11.9 Å². The molecule has 31 heavy (non-hydrogen) atoms. The molecule has 0 bridgehead atoms. The van der Waals surface area contributed by atoms with Crippen LogP contribution in [0.4, 0.5) is 11.4 Å². The zero-order chi connectivity index (χ0) is 22.3. The van der Waals surface area contributed by atoms with Crippen molar-refractivity contribution < 1.29 is 13.2 Å². The number of hydrogen-bond donors (Lipinski definition) is 2. The SMILES string of the molecule is Cc1ccc(NC2CCN(S(C)(=O)=O)CC2)cc1NC(=O)CCC=Cc1ccccc1. The van der Waals surface area contributed by atoms with Crippen LogP contribution in [-0.2, 0) is 14.8 Å². The number of nitrogens with one attached hydrogen (secondary N) is 2. The highest BCUT2D eigenvalue weighted by Gasteiger charge is 2.24. The van der Waals surface area contributed by atoms with E-state index in [1.807, 2.05) is 67.6 Å². The van der Waals surface area contributed by atoms with Gasteiger partial charge in [-0.15, -0.1) is 0 Å². The van der Waals surface area contributed by atoms with Crippen LogP contribution in [0.1, 0.15) is 36.8 Å². The molecule has 166 valence electrons. The van der Waals surface area contributed by atoms with Gasteiger partial charge in [-0.05, 0) is 49.4 Å². The van der Waals surface area contributed by atoms with Crippen LogP contribution in [0.15, 0.2) is 54.6 Å². The van der Waals surface area contributed by atoms with Crippen LogP contribution in [0.5, 0.6) is 0 Å². The van der Waals surface area contributed by atoms with Crippen LogP contribution in [0.25, 0.3) is 6.08 Å². The number of benzene rings is 2. The van der Waals surface area contributed by atoms with Gasteiger partial charge in [0.15, 0.2) is 0 Å². The van der Waals surface area contributed by atoms with Crippen molar-refractivity contribution in [2.75, 3.05) is 30.0 Å². The average molecular weight is 442 g/mol. The Hall–Kier alpha value is -2.64. The van der Waals surface area contributed by atoms with Crippen LogP contribution in [0, 0.1) is 6.92 Å². The van der Waals surface area contributed by atoms with E-state index in [0.29, 0.717) is 25.9 Å². The maximum atomic E-state index is 12.4. The molecule has 1 heterocycles. The van der Waals surface area contributed by atoms with Crippen molar-refractivity contribution in [3.8, 4) is 0 Å². The summed E-state index contributed by atoms with van der Waals surface area (Å²) in [6, 6.07) is 16.2. The molecule has 0 spiro atoms. The monoisotopic (exact) mass is 441 g/mol. The molecular formula is C24H31N3O3S. The molecule has 2 aromatic rings. The molecule has 0 saturated carbocycles. The molecule has 0 atom stereocenters. The molecule has 2 aromatic carbocycles. The highest BCUT2D eigenvalue weighted by Crippen LogP contribution is 2.24. The lowest BCUT2D eigenvalue weighted by atomic mass is 10.1. The molecule has 1 saturated heterocycles. The quantitative estimate of drug-likeness (QED) is 0.641. The summed E-state index contributed by atoms with van der Waals surface area (Å²) in [5, 5.41) is 6.49. The third-order valence-corrected chi connectivity index (χ3v) is 6.76. The molecular weight excluding hydrogens is 410 g/mol. The van der Waals surface area contributed by atoms with Gasteiger partial charge in [0.2, 0.25) is 15.9 Å². The summed E-state index contributed by atoms with van der Waals surface area (Å²) in [4.78, 5) is 12.4. The van der Waals surface area contributed by atoms with Gasteiger partial charge in [0.1, 0.15) is 0 Å². The fraction of sp³-hybridized carbons (Fsp3) is 0.375. The molecule has 0 radical (unpaired) electrons. The van der Waals surface area contributed by atoms with E-state index >= 15 is 0 Å². The number of hydrogen-bond acceptors (Lipinski definition) is 4. The largest absolute Gasteiger partial charge is 0.382 e. The van der Waals surface area contributed by atoms with Crippen molar-refractivity contribution in [2.45, 2.75) is 38.6 Å². The highest BCUT2D eigenvalue weighted by atomic mass is 32.2. The van der Waals surface area contributed by atoms with E-state index in [2.05, 4.69) is 10.6 Å². The summed E-state index contributed by atoms with van der Waals surface area (Å²) in [5.41, 5.74) is 3.86. The van der Waals surface area contributed by atoms with Crippen LogP contribution in [0.2, 0.25) is 0 Å². The molecule has 0 unspecified atom stereocenters. The summed E-state index contributed by atoms with van der Waals surface area (Å²) in [5.74, 6) is -0.0144. The lowest BCUT2D eigenvalue weighted by Crippen LogP contribution is -2.41. The summed E-state index contributed by atoms with van der Waals surface area (Å²) in [6.07, 6.45) is 7.92. The number of rotatable bonds is 8. The number of allylic oxidation sites excluding steroid dienone is 1. The number of amides is 1. The van der Waals surface area contributed by atoms with Gasteiger partial charge in [0, 0.05) is 36.9 Å². The van der Waals surface area contributed by atoms with Gasteiger partial charge in [-0.2, -0.15) is 0 Å². The van der Waals surface area contributed by atoms with E-state index in [1.165, 1.54) is 10.6 Å². The molecule has 6 nitrogen and oxygen atoms in total. The van der Waals surface area contributed by atoms with Gasteiger partial charge < -0.3 is 10.6 Å². The molecule has 1 aliphatic rings. The predicted molar refractivity (Wildman–Crippen MR) is 128 cm³/mol. The Kier molecular flexibility index (Phi) is 7.87. The number of sulfonamides is 1. The Balaban J connectivity index is 1.50. The zero-order valence-electron chi connectivity index (χ0n) is 18.2. The summed E-state index contributed by atoms with van der Waals surface area (Å²) < 4.78 is 24.9. The molecule has 2 N–H and O–H groups in total. The second-order valence-electron chi connectivity index (χ2n) is 8.01. The van der Waals surface area contributed by atoms with Crippen LogP contribution in [0.3, 0.4) is 0 Å². The Morgan fingerprint density at radius 3 is 2.52 bits per heavy atom. The van der Waals surface area contributed by atoms with Crippen LogP contribution >= 0.6 is 0 Å². The topological polar surface area (TPSA) is 78.5 Å². The van der Waals surface area contributed by atoms with Gasteiger partial charge >= 0.3 is 0 Å². The number of carbonyl (C=O) groups excluding carboxylic acids is 1. The van der Waals surface area contributed by atoms with Crippen molar-refractivity contribution in [1.29, 1.82) is 0 Å². The Labute approximate surface area is 185 Å². The maximum Gasteiger partial charge on any atom is 0.224 e. The summed E-state index contributed by atoms with van der Waals surface area (Å²) in [6.45, 7) is 3.03. The standard InChI is InChI=1S/C24H31N3O3S/c1-19-12-13-22(25-21-14-16-27(17-15-21)31(2,29)30)18-23(19)26-24(28)11-7-6-10-20-8-4-3-5-9-20/h3-6,8-10,12-13,18,21,25H,7,11,14-17H2,1-2H3,(H,26,28). The van der Waals surface area contributed by atoms with Crippen LogP contribution in [-0.4, -0.2) is 44.0 Å². The third kappa shape index (κ3) is 7.22. The van der Waals surface area contributed by atoms with Crippen LogP contribution < -0.4 is 10.6 Å². The second-order valence-corrected chi connectivity index (χ2v) is 9.99. The molecule has 1 aliphatic heterocycles. The molecule has 0 aliphatic carbocycles. The van der Waals surface area contributed by atoms with Crippen molar-refractivity contribution >= 4 is 33.4 Å². The first-order chi connectivity index (χ1) is 14.8. The van der Waals surface area contributed by atoms with E-state index in [9.17, 15) is 13.2 Å². The first-order valence-electron chi connectivity index (χ1n) is 10.6. The Bertz CT molecular complexity index is 1010. The first kappa shape index (κ1) is 23.0. The third-order valence-electron chi connectivity index (χ3n) is 5.45. The number of anilines is 2. The minimum atomic E-state index is -3.12. The normalized spacial score (nSPS) is 15.8.